The zero-order valence-electron chi connectivity index (χ0n) is 13.6. The Bertz CT molecular complexity index is 705. The van der Waals surface area contributed by atoms with E-state index in [1.807, 2.05) is 16.7 Å². The Hall–Kier alpha value is -1.91. The van der Waals surface area contributed by atoms with Crippen molar-refractivity contribution < 1.29 is 4.74 Å². The molecule has 0 unspecified atom stereocenters. The van der Waals surface area contributed by atoms with Crippen molar-refractivity contribution in [2.24, 2.45) is 5.73 Å². The molecule has 0 radical (unpaired) electrons. The van der Waals surface area contributed by atoms with E-state index < -0.39 is 0 Å². The Morgan fingerprint density at radius 3 is 2.59 bits per heavy atom. The highest BCUT2D eigenvalue weighted by Crippen LogP contribution is 2.24. The standard InChI is InChI=1S/C18H24N2O2/c1-13-5-7-16(14(2)11-13)17-8-6-15(12-19)18(21)20(17)9-4-10-22-3/h5-8,11H,4,9-10,12,19H2,1-3H3. The predicted molar refractivity (Wildman–Crippen MR) is 90.0 cm³/mol. The first-order valence-electron chi connectivity index (χ1n) is 7.58. The van der Waals surface area contributed by atoms with E-state index in [2.05, 4.69) is 32.0 Å². The summed E-state index contributed by atoms with van der Waals surface area (Å²) in [6, 6.07) is 10.1. The molecular weight excluding hydrogens is 276 g/mol. The number of nitrogens with two attached hydrogens (primary N) is 1. The van der Waals surface area contributed by atoms with E-state index in [0.717, 1.165) is 17.7 Å². The van der Waals surface area contributed by atoms with Gasteiger partial charge in [-0.15, -0.1) is 0 Å². The number of rotatable bonds is 6. The first-order valence-corrected chi connectivity index (χ1v) is 7.58. The molecule has 0 saturated carbocycles. The fourth-order valence-corrected chi connectivity index (χ4v) is 2.70. The van der Waals surface area contributed by atoms with Crippen LogP contribution in [0.3, 0.4) is 0 Å². The van der Waals surface area contributed by atoms with E-state index >= 15 is 0 Å². The van der Waals surface area contributed by atoms with Gasteiger partial charge in [0.1, 0.15) is 0 Å². The van der Waals surface area contributed by atoms with Crippen LogP contribution in [0.4, 0.5) is 0 Å². The quantitative estimate of drug-likeness (QED) is 0.834. The highest BCUT2D eigenvalue weighted by molar-refractivity contribution is 5.64. The highest BCUT2D eigenvalue weighted by atomic mass is 16.5. The normalized spacial score (nSPS) is 10.9. The number of hydrogen-bond donors (Lipinski definition) is 1. The first-order chi connectivity index (χ1) is 10.6. The van der Waals surface area contributed by atoms with Gasteiger partial charge in [0.2, 0.25) is 0 Å². The molecule has 1 aromatic heterocycles. The Morgan fingerprint density at radius 2 is 1.95 bits per heavy atom. The summed E-state index contributed by atoms with van der Waals surface area (Å²) in [5, 5.41) is 0. The van der Waals surface area contributed by atoms with Gasteiger partial charge in [-0.05, 0) is 31.9 Å². The average molecular weight is 300 g/mol. The minimum atomic E-state index is -0.00363. The molecule has 0 aliphatic heterocycles. The van der Waals surface area contributed by atoms with Crippen LogP contribution in [0.5, 0.6) is 0 Å². The summed E-state index contributed by atoms with van der Waals surface area (Å²) in [5.74, 6) is 0. The molecule has 2 N–H and O–H groups in total. The Morgan fingerprint density at radius 1 is 1.18 bits per heavy atom. The van der Waals surface area contributed by atoms with Crippen molar-refractivity contribution >= 4 is 0 Å². The van der Waals surface area contributed by atoms with Crippen molar-refractivity contribution in [3.8, 4) is 11.3 Å². The van der Waals surface area contributed by atoms with Crippen LogP contribution in [0.1, 0.15) is 23.1 Å². The third-order valence-electron chi connectivity index (χ3n) is 3.86. The zero-order valence-corrected chi connectivity index (χ0v) is 13.6. The van der Waals surface area contributed by atoms with E-state index in [1.54, 1.807) is 7.11 Å². The van der Waals surface area contributed by atoms with Gasteiger partial charge in [0.15, 0.2) is 0 Å². The van der Waals surface area contributed by atoms with Gasteiger partial charge < -0.3 is 15.0 Å². The summed E-state index contributed by atoms with van der Waals surface area (Å²) in [7, 11) is 1.67. The van der Waals surface area contributed by atoms with Gasteiger partial charge in [0.05, 0.1) is 5.69 Å². The SMILES string of the molecule is COCCCn1c(-c2ccc(C)cc2C)ccc(CN)c1=O. The number of hydrogen-bond acceptors (Lipinski definition) is 3. The molecular formula is C18H24N2O2. The van der Waals surface area contributed by atoms with Gasteiger partial charge in [-0.3, -0.25) is 4.79 Å². The third-order valence-corrected chi connectivity index (χ3v) is 3.86. The topological polar surface area (TPSA) is 57.2 Å². The van der Waals surface area contributed by atoms with Crippen LogP contribution < -0.4 is 11.3 Å². The molecule has 118 valence electrons. The van der Waals surface area contributed by atoms with E-state index in [1.165, 1.54) is 11.1 Å². The summed E-state index contributed by atoms with van der Waals surface area (Å²) in [6.07, 6.45) is 0.794. The molecule has 2 rings (SSSR count). The molecule has 0 spiro atoms. The zero-order chi connectivity index (χ0) is 16.1. The number of benzene rings is 1. The summed E-state index contributed by atoms with van der Waals surface area (Å²) >= 11 is 0. The van der Waals surface area contributed by atoms with Crippen molar-refractivity contribution in [1.29, 1.82) is 0 Å². The molecule has 4 heteroatoms. The average Bonchev–Trinajstić information content (AvgIpc) is 2.49. The second-order valence-electron chi connectivity index (χ2n) is 5.57. The number of pyridine rings is 1. The van der Waals surface area contributed by atoms with Crippen LogP contribution in [0, 0.1) is 13.8 Å². The molecule has 0 atom stereocenters. The fraction of sp³-hybridized carbons (Fsp3) is 0.389. The van der Waals surface area contributed by atoms with Crippen LogP contribution in [-0.2, 0) is 17.8 Å². The lowest BCUT2D eigenvalue weighted by Crippen LogP contribution is -2.27. The van der Waals surface area contributed by atoms with Crippen LogP contribution in [0.2, 0.25) is 0 Å². The van der Waals surface area contributed by atoms with Crippen LogP contribution in [0.25, 0.3) is 11.3 Å². The number of aryl methyl sites for hydroxylation is 2. The monoisotopic (exact) mass is 300 g/mol. The Labute approximate surface area is 131 Å². The molecule has 0 aliphatic rings. The molecule has 0 saturated heterocycles. The second-order valence-corrected chi connectivity index (χ2v) is 5.57. The Kier molecular flexibility index (Phi) is 5.52. The van der Waals surface area contributed by atoms with Gasteiger partial charge in [-0.2, -0.15) is 0 Å². The number of ether oxygens (including phenoxy) is 1. The lowest BCUT2D eigenvalue weighted by molar-refractivity contribution is 0.190. The number of aromatic nitrogens is 1. The van der Waals surface area contributed by atoms with Crippen molar-refractivity contribution in [1.82, 2.24) is 4.57 Å². The largest absolute Gasteiger partial charge is 0.385 e. The van der Waals surface area contributed by atoms with Crippen molar-refractivity contribution in [2.45, 2.75) is 33.4 Å². The lowest BCUT2D eigenvalue weighted by Gasteiger charge is -2.16. The van der Waals surface area contributed by atoms with Gasteiger partial charge in [0, 0.05) is 37.9 Å². The van der Waals surface area contributed by atoms with Crippen LogP contribution in [-0.4, -0.2) is 18.3 Å². The predicted octanol–water partition coefficient (Wildman–Crippen LogP) is 2.63. The Balaban J connectivity index is 2.54. The molecule has 0 amide bonds. The lowest BCUT2D eigenvalue weighted by atomic mass is 10.0. The highest BCUT2D eigenvalue weighted by Gasteiger charge is 2.11. The molecule has 0 bridgehead atoms. The minimum Gasteiger partial charge on any atom is -0.385 e. The van der Waals surface area contributed by atoms with Crippen LogP contribution >= 0.6 is 0 Å². The van der Waals surface area contributed by atoms with Gasteiger partial charge in [0.25, 0.3) is 5.56 Å². The van der Waals surface area contributed by atoms with E-state index in [9.17, 15) is 4.79 Å². The molecule has 1 aromatic carbocycles. The molecule has 0 aliphatic carbocycles. The third kappa shape index (κ3) is 3.46. The molecule has 1 heterocycles. The van der Waals surface area contributed by atoms with Crippen molar-refractivity contribution in [3.63, 3.8) is 0 Å². The summed E-state index contributed by atoms with van der Waals surface area (Å²) < 4.78 is 6.92. The minimum absolute atomic E-state index is 0.00363. The van der Waals surface area contributed by atoms with Gasteiger partial charge in [-0.25, -0.2) is 0 Å². The van der Waals surface area contributed by atoms with Gasteiger partial charge in [-0.1, -0.05) is 29.8 Å². The molecule has 2 aromatic rings. The van der Waals surface area contributed by atoms with E-state index in [4.69, 9.17) is 10.5 Å². The maximum Gasteiger partial charge on any atom is 0.255 e. The van der Waals surface area contributed by atoms with Crippen molar-refractivity contribution in [3.05, 3.63) is 57.4 Å². The van der Waals surface area contributed by atoms with Crippen LogP contribution in [0.15, 0.2) is 35.1 Å². The van der Waals surface area contributed by atoms with E-state index in [-0.39, 0.29) is 12.1 Å². The molecule has 22 heavy (non-hydrogen) atoms. The van der Waals surface area contributed by atoms with E-state index in [0.29, 0.717) is 18.7 Å². The molecule has 4 nitrogen and oxygen atoms in total. The smallest absolute Gasteiger partial charge is 0.255 e. The summed E-state index contributed by atoms with van der Waals surface area (Å²) in [6.45, 7) is 5.66. The summed E-state index contributed by atoms with van der Waals surface area (Å²) in [4.78, 5) is 12.6. The first kappa shape index (κ1) is 16.5. The fourth-order valence-electron chi connectivity index (χ4n) is 2.70. The summed E-state index contributed by atoms with van der Waals surface area (Å²) in [5.41, 5.74) is 10.7. The second kappa shape index (κ2) is 7.38. The number of nitrogens with zero attached hydrogens (tertiary/aromatic N) is 1. The molecule has 0 fully saturated rings. The number of methoxy groups -OCH3 is 1. The maximum absolute atomic E-state index is 12.6. The van der Waals surface area contributed by atoms with Gasteiger partial charge >= 0.3 is 0 Å². The maximum atomic E-state index is 12.6. The van der Waals surface area contributed by atoms with Crippen molar-refractivity contribution in [2.75, 3.05) is 13.7 Å².